The van der Waals surface area contributed by atoms with Gasteiger partial charge in [-0.1, -0.05) is 35.2 Å². The number of para-hydroxylation sites is 1. The second-order valence-corrected chi connectivity index (χ2v) is 7.91. The molecular weight excluding hydrogens is 412 g/mol. The number of hydrogen-bond donors (Lipinski definition) is 2. The molecule has 2 amide bonds. The van der Waals surface area contributed by atoms with Crippen LogP contribution in [0.4, 0.5) is 5.13 Å². The number of amides is 2. The normalized spacial score (nSPS) is 10.9. The first-order valence-electron chi connectivity index (χ1n) is 8.58. The topological polar surface area (TPSA) is 115 Å². The van der Waals surface area contributed by atoms with Gasteiger partial charge >= 0.3 is 0 Å². The summed E-state index contributed by atoms with van der Waals surface area (Å²) in [5.74, 6) is 0.458. The Kier molecular flexibility index (Phi) is 5.58. The predicted molar refractivity (Wildman–Crippen MR) is 110 cm³/mol. The molecule has 0 saturated carbocycles. The van der Waals surface area contributed by atoms with Crippen LogP contribution in [-0.2, 0) is 18.4 Å². The molecule has 4 aromatic rings. The van der Waals surface area contributed by atoms with E-state index in [4.69, 9.17) is 4.42 Å². The summed E-state index contributed by atoms with van der Waals surface area (Å²) in [6, 6.07) is 10.9. The number of hydrogen-bond acceptors (Lipinski definition) is 8. The minimum absolute atomic E-state index is 0.167. The number of carbonyl (C=O) groups excluding carboxylic acids is 2. The largest absolute Gasteiger partial charge is 0.459 e. The molecular formula is C18H16N6O3S2. The number of anilines is 1. The van der Waals surface area contributed by atoms with Gasteiger partial charge in [-0.25, -0.2) is 4.98 Å². The Morgan fingerprint density at radius 3 is 2.86 bits per heavy atom. The van der Waals surface area contributed by atoms with Gasteiger partial charge in [-0.15, -0.1) is 10.2 Å². The van der Waals surface area contributed by atoms with Gasteiger partial charge in [0, 0.05) is 7.05 Å². The monoisotopic (exact) mass is 428 g/mol. The van der Waals surface area contributed by atoms with Gasteiger partial charge in [0.15, 0.2) is 21.9 Å². The highest BCUT2D eigenvalue weighted by Gasteiger charge is 2.14. The van der Waals surface area contributed by atoms with Crippen molar-refractivity contribution in [3.63, 3.8) is 0 Å². The first-order chi connectivity index (χ1) is 14.1. The zero-order valence-electron chi connectivity index (χ0n) is 15.3. The Balaban J connectivity index is 1.30. The lowest BCUT2D eigenvalue weighted by atomic mass is 10.3. The van der Waals surface area contributed by atoms with Crippen LogP contribution >= 0.6 is 23.1 Å². The molecule has 148 valence electrons. The molecule has 29 heavy (non-hydrogen) atoms. The number of thioether (sulfide) groups is 1. The van der Waals surface area contributed by atoms with E-state index in [2.05, 4.69) is 25.8 Å². The van der Waals surface area contributed by atoms with E-state index in [1.54, 1.807) is 23.7 Å². The number of nitrogens with zero attached hydrogens (tertiary/aromatic N) is 4. The molecule has 3 heterocycles. The van der Waals surface area contributed by atoms with Crippen LogP contribution in [0.2, 0.25) is 0 Å². The van der Waals surface area contributed by atoms with Crippen LogP contribution in [0.3, 0.4) is 0 Å². The summed E-state index contributed by atoms with van der Waals surface area (Å²) in [6.45, 7) is 0.196. The van der Waals surface area contributed by atoms with E-state index in [0.29, 0.717) is 16.1 Å². The van der Waals surface area contributed by atoms with Crippen molar-refractivity contribution in [2.45, 2.75) is 11.7 Å². The Hall–Kier alpha value is -3.18. The van der Waals surface area contributed by atoms with E-state index < -0.39 is 0 Å². The number of furan rings is 1. The average Bonchev–Trinajstić information content (AvgIpc) is 3.45. The first-order valence-corrected chi connectivity index (χ1v) is 10.4. The molecule has 0 bridgehead atoms. The zero-order chi connectivity index (χ0) is 20.2. The van der Waals surface area contributed by atoms with Crippen LogP contribution in [0.25, 0.3) is 10.2 Å². The lowest BCUT2D eigenvalue weighted by molar-refractivity contribution is -0.113. The van der Waals surface area contributed by atoms with Crippen molar-refractivity contribution in [3.8, 4) is 0 Å². The van der Waals surface area contributed by atoms with Crippen molar-refractivity contribution in [1.82, 2.24) is 25.1 Å². The van der Waals surface area contributed by atoms with Crippen molar-refractivity contribution in [3.05, 3.63) is 54.2 Å². The number of fused-ring (bicyclic) bond motifs is 1. The van der Waals surface area contributed by atoms with Crippen molar-refractivity contribution >= 4 is 50.3 Å². The standard InChI is InChI=1S/C18H16N6O3S2/c1-24-14(9-19-16(26)12-6-4-8-27-12)22-23-18(24)28-10-15(25)21-17-20-11-5-2-3-7-13(11)29-17/h2-8H,9-10H2,1H3,(H,19,26)(H,20,21,25). The summed E-state index contributed by atoms with van der Waals surface area (Å²) in [4.78, 5) is 28.5. The molecule has 2 N–H and O–H groups in total. The van der Waals surface area contributed by atoms with Gasteiger partial charge in [-0.3, -0.25) is 9.59 Å². The molecule has 11 heteroatoms. The van der Waals surface area contributed by atoms with E-state index in [9.17, 15) is 9.59 Å². The van der Waals surface area contributed by atoms with Gasteiger partial charge in [0.1, 0.15) is 0 Å². The van der Waals surface area contributed by atoms with E-state index in [1.165, 1.54) is 29.4 Å². The van der Waals surface area contributed by atoms with Gasteiger partial charge in [0.05, 0.1) is 28.8 Å². The Labute approximate surface area is 173 Å². The maximum absolute atomic E-state index is 12.2. The number of rotatable bonds is 7. The first kappa shape index (κ1) is 19.2. The number of aromatic nitrogens is 4. The molecule has 0 aliphatic heterocycles. The molecule has 0 spiro atoms. The summed E-state index contributed by atoms with van der Waals surface area (Å²) in [7, 11) is 1.78. The van der Waals surface area contributed by atoms with Crippen molar-refractivity contribution in [1.29, 1.82) is 0 Å². The van der Waals surface area contributed by atoms with E-state index in [-0.39, 0.29) is 29.9 Å². The van der Waals surface area contributed by atoms with Crippen LogP contribution in [0.5, 0.6) is 0 Å². The quantitative estimate of drug-likeness (QED) is 0.435. The Bertz CT molecular complexity index is 1120. The molecule has 0 fully saturated rings. The van der Waals surface area contributed by atoms with Crippen LogP contribution in [0.15, 0.2) is 52.2 Å². The third-order valence-electron chi connectivity index (χ3n) is 3.95. The molecule has 9 nitrogen and oxygen atoms in total. The molecule has 0 saturated heterocycles. The van der Waals surface area contributed by atoms with Crippen molar-refractivity contribution < 1.29 is 14.0 Å². The zero-order valence-corrected chi connectivity index (χ0v) is 16.9. The van der Waals surface area contributed by atoms with Gasteiger partial charge < -0.3 is 19.6 Å². The van der Waals surface area contributed by atoms with Crippen molar-refractivity contribution in [2.24, 2.45) is 7.05 Å². The van der Waals surface area contributed by atoms with E-state index in [0.717, 1.165) is 10.2 Å². The SMILES string of the molecule is Cn1c(CNC(=O)c2ccco2)nnc1SCC(=O)Nc1nc2ccccc2s1. The summed E-state index contributed by atoms with van der Waals surface area (Å²) in [6.07, 6.45) is 1.44. The van der Waals surface area contributed by atoms with Gasteiger partial charge in [0.25, 0.3) is 5.91 Å². The molecule has 0 unspecified atom stereocenters. The number of carbonyl (C=O) groups is 2. The Morgan fingerprint density at radius 2 is 2.07 bits per heavy atom. The number of nitrogens with one attached hydrogen (secondary N) is 2. The highest BCUT2D eigenvalue weighted by molar-refractivity contribution is 7.99. The fraction of sp³-hybridized carbons (Fsp3) is 0.167. The smallest absolute Gasteiger partial charge is 0.287 e. The molecule has 1 aromatic carbocycles. The minimum Gasteiger partial charge on any atom is -0.459 e. The molecule has 4 rings (SSSR count). The minimum atomic E-state index is -0.331. The van der Waals surface area contributed by atoms with Crippen LogP contribution in [-0.4, -0.2) is 37.3 Å². The van der Waals surface area contributed by atoms with E-state index in [1.807, 2.05) is 24.3 Å². The summed E-state index contributed by atoms with van der Waals surface area (Å²) in [5, 5.41) is 14.8. The second kappa shape index (κ2) is 8.45. The van der Waals surface area contributed by atoms with Crippen molar-refractivity contribution in [2.75, 3.05) is 11.1 Å². The molecule has 0 radical (unpaired) electrons. The summed E-state index contributed by atoms with van der Waals surface area (Å²) in [5.41, 5.74) is 0.856. The van der Waals surface area contributed by atoms with Crippen LogP contribution in [0.1, 0.15) is 16.4 Å². The molecule has 0 aliphatic rings. The molecule has 3 aromatic heterocycles. The van der Waals surface area contributed by atoms with E-state index >= 15 is 0 Å². The third-order valence-corrected chi connectivity index (χ3v) is 5.92. The fourth-order valence-electron chi connectivity index (χ4n) is 2.49. The van der Waals surface area contributed by atoms with Gasteiger partial charge in [-0.05, 0) is 24.3 Å². The molecule has 0 aliphatic carbocycles. The Morgan fingerprint density at radius 1 is 1.21 bits per heavy atom. The van der Waals surface area contributed by atoms with Crippen LogP contribution in [0, 0.1) is 0 Å². The predicted octanol–water partition coefficient (Wildman–Crippen LogP) is 2.68. The number of benzene rings is 1. The highest BCUT2D eigenvalue weighted by atomic mass is 32.2. The average molecular weight is 428 g/mol. The third kappa shape index (κ3) is 4.46. The second-order valence-electron chi connectivity index (χ2n) is 5.94. The lowest BCUT2D eigenvalue weighted by Gasteiger charge is -2.05. The fourth-order valence-corrected chi connectivity index (χ4v) is 4.10. The van der Waals surface area contributed by atoms with Crippen LogP contribution < -0.4 is 10.6 Å². The summed E-state index contributed by atoms with van der Waals surface area (Å²) < 4.78 is 7.80. The highest BCUT2D eigenvalue weighted by Crippen LogP contribution is 2.25. The number of thiazole rings is 1. The summed E-state index contributed by atoms with van der Waals surface area (Å²) >= 11 is 2.69. The maximum Gasteiger partial charge on any atom is 0.287 e. The maximum atomic E-state index is 12.2. The molecule has 0 atom stereocenters. The van der Waals surface area contributed by atoms with Gasteiger partial charge in [0.2, 0.25) is 5.91 Å². The van der Waals surface area contributed by atoms with Gasteiger partial charge in [-0.2, -0.15) is 0 Å². The lowest BCUT2D eigenvalue weighted by Crippen LogP contribution is -2.24.